The van der Waals surface area contributed by atoms with Gasteiger partial charge in [-0.15, -0.1) is 0 Å². The van der Waals surface area contributed by atoms with Gasteiger partial charge in [0.1, 0.15) is 0 Å². The van der Waals surface area contributed by atoms with Crippen molar-refractivity contribution in [2.24, 2.45) is 5.73 Å². The highest BCUT2D eigenvalue weighted by molar-refractivity contribution is 5.89. The van der Waals surface area contributed by atoms with Gasteiger partial charge in [0.2, 0.25) is 0 Å². The van der Waals surface area contributed by atoms with E-state index in [1.807, 2.05) is 30.0 Å². The van der Waals surface area contributed by atoms with Crippen LogP contribution in [0, 0.1) is 18.8 Å². The average Bonchev–Trinajstić information content (AvgIpc) is 2.89. The van der Waals surface area contributed by atoms with Crippen molar-refractivity contribution in [1.29, 1.82) is 0 Å². The summed E-state index contributed by atoms with van der Waals surface area (Å²) in [5.74, 6) is 5.81. The third-order valence-electron chi connectivity index (χ3n) is 3.06. The first-order valence-electron chi connectivity index (χ1n) is 6.55. The fourth-order valence-corrected chi connectivity index (χ4v) is 2.20. The van der Waals surface area contributed by atoms with Gasteiger partial charge in [0.25, 0.3) is 0 Å². The maximum atomic E-state index is 12.0. The Labute approximate surface area is 114 Å². The molecule has 1 saturated heterocycles. The van der Waals surface area contributed by atoms with Crippen molar-refractivity contribution in [3.63, 3.8) is 0 Å². The molecule has 0 spiro atoms. The van der Waals surface area contributed by atoms with Crippen molar-refractivity contribution >= 4 is 11.7 Å². The number of nitrogens with zero attached hydrogens (tertiary/aromatic N) is 1. The number of likely N-dealkylation sites (tertiary alicyclic amines) is 1. The molecular formula is C15H19N3O. The average molecular weight is 257 g/mol. The molecule has 0 unspecified atom stereocenters. The summed E-state index contributed by atoms with van der Waals surface area (Å²) in [6.45, 7) is 4.01. The summed E-state index contributed by atoms with van der Waals surface area (Å²) in [6.07, 6.45) is 2.18. The SMILES string of the molecule is Cc1cc(C#CCN)cc(NC(=O)N2CCCC2)c1. The maximum absolute atomic E-state index is 12.0. The van der Waals surface area contributed by atoms with Crippen LogP contribution in [0.1, 0.15) is 24.0 Å². The van der Waals surface area contributed by atoms with Crippen molar-refractivity contribution in [3.8, 4) is 11.8 Å². The highest BCUT2D eigenvalue weighted by Gasteiger charge is 2.17. The molecule has 1 aromatic carbocycles. The van der Waals surface area contributed by atoms with Crippen LogP contribution in [0.2, 0.25) is 0 Å². The number of urea groups is 1. The summed E-state index contributed by atoms with van der Waals surface area (Å²) in [6, 6.07) is 5.78. The maximum Gasteiger partial charge on any atom is 0.321 e. The molecule has 1 aromatic rings. The first-order chi connectivity index (χ1) is 9.19. The summed E-state index contributed by atoms with van der Waals surface area (Å²) in [4.78, 5) is 13.9. The van der Waals surface area contributed by atoms with Gasteiger partial charge in [-0.1, -0.05) is 11.8 Å². The van der Waals surface area contributed by atoms with Crippen molar-refractivity contribution in [3.05, 3.63) is 29.3 Å². The van der Waals surface area contributed by atoms with Crippen LogP contribution < -0.4 is 11.1 Å². The molecule has 1 fully saturated rings. The number of aryl methyl sites for hydroxylation is 1. The Hall–Kier alpha value is -1.99. The minimum Gasteiger partial charge on any atom is -0.325 e. The van der Waals surface area contributed by atoms with Crippen molar-refractivity contribution < 1.29 is 4.79 Å². The Kier molecular flexibility index (Phi) is 4.43. The van der Waals surface area contributed by atoms with E-state index in [9.17, 15) is 4.79 Å². The van der Waals surface area contributed by atoms with Crippen LogP contribution >= 0.6 is 0 Å². The summed E-state index contributed by atoms with van der Waals surface area (Å²) in [5.41, 5.74) is 8.10. The van der Waals surface area contributed by atoms with Crippen molar-refractivity contribution in [2.45, 2.75) is 19.8 Å². The minimum atomic E-state index is -0.0270. The molecule has 0 aromatic heterocycles. The second kappa shape index (κ2) is 6.26. The number of hydrogen-bond donors (Lipinski definition) is 2. The van der Waals surface area contributed by atoms with Gasteiger partial charge in [-0.3, -0.25) is 0 Å². The molecule has 2 amide bonds. The fraction of sp³-hybridized carbons (Fsp3) is 0.400. The van der Waals surface area contributed by atoms with E-state index in [2.05, 4.69) is 17.2 Å². The molecule has 0 atom stereocenters. The monoisotopic (exact) mass is 257 g/mol. The molecule has 0 bridgehead atoms. The molecule has 1 heterocycles. The van der Waals surface area contributed by atoms with Crippen LogP contribution in [-0.2, 0) is 0 Å². The van der Waals surface area contributed by atoms with E-state index in [1.54, 1.807) is 0 Å². The second-order valence-corrected chi connectivity index (χ2v) is 4.72. The lowest BCUT2D eigenvalue weighted by Crippen LogP contribution is -2.32. The molecule has 19 heavy (non-hydrogen) atoms. The lowest BCUT2D eigenvalue weighted by molar-refractivity contribution is 0.222. The third kappa shape index (κ3) is 3.73. The number of nitrogens with one attached hydrogen (secondary N) is 1. The van der Waals surface area contributed by atoms with Crippen LogP contribution in [0.25, 0.3) is 0 Å². The molecule has 4 heteroatoms. The van der Waals surface area contributed by atoms with E-state index in [4.69, 9.17) is 5.73 Å². The van der Waals surface area contributed by atoms with Crippen LogP contribution in [0.4, 0.5) is 10.5 Å². The molecular weight excluding hydrogens is 238 g/mol. The fourth-order valence-electron chi connectivity index (χ4n) is 2.20. The quantitative estimate of drug-likeness (QED) is 0.755. The van der Waals surface area contributed by atoms with Crippen LogP contribution in [-0.4, -0.2) is 30.6 Å². The number of hydrogen-bond acceptors (Lipinski definition) is 2. The van der Waals surface area contributed by atoms with E-state index < -0.39 is 0 Å². The van der Waals surface area contributed by atoms with Crippen molar-refractivity contribution in [2.75, 3.05) is 25.0 Å². The van der Waals surface area contributed by atoms with Gasteiger partial charge < -0.3 is 16.0 Å². The number of carbonyl (C=O) groups excluding carboxylic acids is 1. The van der Waals surface area contributed by atoms with Crippen molar-refractivity contribution in [1.82, 2.24) is 4.90 Å². The molecule has 0 saturated carbocycles. The Morgan fingerprint density at radius 1 is 1.37 bits per heavy atom. The number of amides is 2. The van der Waals surface area contributed by atoms with E-state index in [1.165, 1.54) is 0 Å². The first kappa shape index (κ1) is 13.4. The van der Waals surface area contributed by atoms with E-state index in [0.717, 1.165) is 42.7 Å². The zero-order chi connectivity index (χ0) is 13.7. The molecule has 3 N–H and O–H groups in total. The first-order valence-corrected chi connectivity index (χ1v) is 6.55. The Bertz CT molecular complexity index is 522. The minimum absolute atomic E-state index is 0.0270. The Balaban J connectivity index is 2.10. The normalized spacial score (nSPS) is 13.9. The van der Waals surface area contributed by atoms with Gasteiger partial charge in [-0.25, -0.2) is 4.79 Å². The van der Waals surface area contributed by atoms with Gasteiger partial charge in [-0.05, 0) is 43.5 Å². The lowest BCUT2D eigenvalue weighted by Gasteiger charge is -2.16. The summed E-state index contributed by atoms with van der Waals surface area (Å²) < 4.78 is 0. The predicted molar refractivity (Wildman–Crippen MR) is 76.9 cm³/mol. The molecule has 4 nitrogen and oxygen atoms in total. The Morgan fingerprint density at radius 3 is 2.79 bits per heavy atom. The zero-order valence-electron chi connectivity index (χ0n) is 11.2. The van der Waals surface area contributed by atoms with Gasteiger partial charge in [0.15, 0.2) is 0 Å². The number of nitrogens with two attached hydrogens (primary N) is 1. The topological polar surface area (TPSA) is 58.4 Å². The van der Waals surface area contributed by atoms with Crippen LogP contribution in [0.15, 0.2) is 18.2 Å². The zero-order valence-corrected chi connectivity index (χ0v) is 11.2. The molecule has 2 rings (SSSR count). The molecule has 1 aliphatic heterocycles. The predicted octanol–water partition coefficient (Wildman–Crippen LogP) is 1.93. The van der Waals surface area contributed by atoms with E-state index in [-0.39, 0.29) is 6.03 Å². The summed E-state index contributed by atoms with van der Waals surface area (Å²) >= 11 is 0. The van der Waals surface area contributed by atoms with Crippen LogP contribution in [0.3, 0.4) is 0 Å². The second-order valence-electron chi connectivity index (χ2n) is 4.72. The summed E-state index contributed by atoms with van der Waals surface area (Å²) in [7, 11) is 0. The van der Waals surface area contributed by atoms with Gasteiger partial charge in [0.05, 0.1) is 6.54 Å². The molecule has 100 valence electrons. The lowest BCUT2D eigenvalue weighted by atomic mass is 10.1. The standard InChI is InChI=1S/C15H19N3O/c1-12-9-13(5-4-6-16)11-14(10-12)17-15(19)18-7-2-3-8-18/h9-11H,2-3,6-8,16H2,1H3,(H,17,19). The number of carbonyl (C=O) groups is 1. The molecule has 0 aliphatic carbocycles. The van der Waals surface area contributed by atoms with Gasteiger partial charge in [0, 0.05) is 24.3 Å². The number of rotatable bonds is 1. The summed E-state index contributed by atoms with van der Waals surface area (Å²) in [5, 5.41) is 2.93. The Morgan fingerprint density at radius 2 is 2.11 bits per heavy atom. The highest BCUT2D eigenvalue weighted by Crippen LogP contribution is 2.16. The van der Waals surface area contributed by atoms with E-state index >= 15 is 0 Å². The third-order valence-corrected chi connectivity index (χ3v) is 3.06. The number of anilines is 1. The number of benzene rings is 1. The largest absolute Gasteiger partial charge is 0.325 e. The van der Waals surface area contributed by atoms with E-state index in [0.29, 0.717) is 6.54 Å². The van der Waals surface area contributed by atoms with Gasteiger partial charge >= 0.3 is 6.03 Å². The molecule has 1 aliphatic rings. The molecule has 0 radical (unpaired) electrons. The highest BCUT2D eigenvalue weighted by atomic mass is 16.2. The smallest absolute Gasteiger partial charge is 0.321 e. The van der Waals surface area contributed by atoms with Gasteiger partial charge in [-0.2, -0.15) is 0 Å². The van der Waals surface area contributed by atoms with Crippen LogP contribution in [0.5, 0.6) is 0 Å².